The Balaban J connectivity index is 1.84. The smallest absolute Gasteiger partial charge is 0.197 e. The molecule has 3 heterocycles. The maximum Gasteiger partial charge on any atom is 0.197 e. The average Bonchev–Trinajstić information content (AvgIpc) is 3.16. The Hall–Kier alpha value is -2.87. The van der Waals surface area contributed by atoms with Crippen LogP contribution >= 0.6 is 11.8 Å². The molecule has 0 spiro atoms. The van der Waals surface area contributed by atoms with Crippen molar-refractivity contribution in [1.29, 1.82) is 0 Å². The normalized spacial score (nSPS) is 11.2. The van der Waals surface area contributed by atoms with Crippen molar-refractivity contribution in [3.05, 3.63) is 42.4 Å². The summed E-state index contributed by atoms with van der Waals surface area (Å²) in [6.07, 6.45) is 3.62. The summed E-state index contributed by atoms with van der Waals surface area (Å²) in [6, 6.07) is 7.83. The molecule has 120 valence electrons. The van der Waals surface area contributed by atoms with Gasteiger partial charge in [-0.25, -0.2) is 15.0 Å². The second-order valence-electron chi connectivity index (χ2n) is 5.45. The van der Waals surface area contributed by atoms with Crippen molar-refractivity contribution in [2.75, 3.05) is 5.73 Å². The molecule has 0 aliphatic carbocycles. The zero-order valence-electron chi connectivity index (χ0n) is 13.2. The summed E-state index contributed by atoms with van der Waals surface area (Å²) >= 11 is 1.38. The number of aryl methyl sites for hydroxylation is 2. The van der Waals surface area contributed by atoms with Gasteiger partial charge in [0.2, 0.25) is 0 Å². The first kappa shape index (κ1) is 14.7. The van der Waals surface area contributed by atoms with Crippen LogP contribution in [-0.4, -0.2) is 29.7 Å². The minimum absolute atomic E-state index is 0.438. The third-order valence-corrected chi connectivity index (χ3v) is 4.61. The molecule has 3 aromatic heterocycles. The highest BCUT2D eigenvalue weighted by Gasteiger charge is 2.14. The SMILES string of the molecule is Cc1cc(-c2cccc3nc(Sc4nccn4C)nc(N)c23)n[nH]1. The first-order chi connectivity index (χ1) is 11.6. The van der Waals surface area contributed by atoms with Crippen LogP contribution in [0, 0.1) is 6.92 Å². The molecule has 4 aromatic rings. The molecule has 0 saturated heterocycles. The second-order valence-corrected chi connectivity index (χ2v) is 6.38. The highest BCUT2D eigenvalue weighted by molar-refractivity contribution is 7.99. The van der Waals surface area contributed by atoms with Gasteiger partial charge < -0.3 is 10.3 Å². The summed E-state index contributed by atoms with van der Waals surface area (Å²) in [5.74, 6) is 0.438. The molecule has 0 unspecified atom stereocenters. The molecule has 0 radical (unpaired) electrons. The number of hydrogen-bond acceptors (Lipinski definition) is 6. The predicted molar refractivity (Wildman–Crippen MR) is 93.6 cm³/mol. The van der Waals surface area contributed by atoms with E-state index in [9.17, 15) is 0 Å². The highest BCUT2D eigenvalue weighted by Crippen LogP contribution is 2.32. The predicted octanol–water partition coefficient (Wildman–Crippen LogP) is 2.80. The molecular formula is C16H15N7S. The van der Waals surface area contributed by atoms with Gasteiger partial charge in [0.15, 0.2) is 10.3 Å². The number of fused-ring (bicyclic) bond motifs is 1. The Morgan fingerprint density at radius 3 is 2.83 bits per heavy atom. The molecule has 7 nitrogen and oxygen atoms in total. The molecule has 8 heteroatoms. The first-order valence-electron chi connectivity index (χ1n) is 7.35. The molecular weight excluding hydrogens is 322 g/mol. The lowest BCUT2D eigenvalue weighted by Crippen LogP contribution is -1.99. The summed E-state index contributed by atoms with van der Waals surface area (Å²) in [7, 11) is 1.93. The largest absolute Gasteiger partial charge is 0.383 e. The number of nitrogen functional groups attached to an aromatic ring is 1. The van der Waals surface area contributed by atoms with Crippen molar-refractivity contribution >= 4 is 28.5 Å². The van der Waals surface area contributed by atoms with Crippen molar-refractivity contribution in [2.45, 2.75) is 17.2 Å². The van der Waals surface area contributed by atoms with Crippen molar-refractivity contribution in [3.63, 3.8) is 0 Å². The molecule has 0 aliphatic heterocycles. The van der Waals surface area contributed by atoms with E-state index in [-0.39, 0.29) is 0 Å². The van der Waals surface area contributed by atoms with E-state index in [1.807, 2.05) is 49.0 Å². The summed E-state index contributed by atoms with van der Waals surface area (Å²) in [5.41, 5.74) is 9.77. The molecule has 4 rings (SSSR count). The number of rotatable bonds is 3. The summed E-state index contributed by atoms with van der Waals surface area (Å²) in [6.45, 7) is 1.96. The fourth-order valence-electron chi connectivity index (χ4n) is 2.54. The van der Waals surface area contributed by atoms with Crippen LogP contribution in [0.2, 0.25) is 0 Å². The number of anilines is 1. The Kier molecular flexibility index (Phi) is 3.46. The quantitative estimate of drug-likeness (QED) is 0.558. The van der Waals surface area contributed by atoms with Crippen LogP contribution in [0.1, 0.15) is 5.69 Å². The number of imidazole rings is 1. The van der Waals surface area contributed by atoms with Gasteiger partial charge >= 0.3 is 0 Å². The van der Waals surface area contributed by atoms with Gasteiger partial charge in [-0.15, -0.1) is 0 Å². The maximum absolute atomic E-state index is 6.24. The van der Waals surface area contributed by atoms with Gasteiger partial charge in [-0.1, -0.05) is 12.1 Å². The minimum atomic E-state index is 0.438. The standard InChI is InChI=1S/C16H15N7S/c1-9-8-12(22-21-9)10-4-3-5-11-13(10)14(17)20-15(19-11)24-16-18-6-7-23(16)2/h3-8H,1-2H3,(H,21,22)(H2,17,19,20). The maximum atomic E-state index is 6.24. The van der Waals surface area contributed by atoms with Crippen LogP contribution in [0.5, 0.6) is 0 Å². The number of H-pyrrole nitrogens is 1. The summed E-state index contributed by atoms with van der Waals surface area (Å²) in [4.78, 5) is 13.4. The molecule has 0 amide bonds. The van der Waals surface area contributed by atoms with Crippen molar-refractivity contribution in [1.82, 2.24) is 29.7 Å². The zero-order valence-corrected chi connectivity index (χ0v) is 14.0. The van der Waals surface area contributed by atoms with E-state index in [1.165, 1.54) is 11.8 Å². The van der Waals surface area contributed by atoms with E-state index in [1.54, 1.807) is 6.20 Å². The van der Waals surface area contributed by atoms with Crippen LogP contribution in [-0.2, 0) is 7.05 Å². The first-order valence-corrected chi connectivity index (χ1v) is 8.17. The molecule has 24 heavy (non-hydrogen) atoms. The summed E-state index contributed by atoms with van der Waals surface area (Å²) in [5, 5.41) is 9.47. The van der Waals surface area contributed by atoms with Gasteiger partial charge in [0.1, 0.15) is 5.82 Å². The van der Waals surface area contributed by atoms with Gasteiger partial charge in [-0.05, 0) is 30.8 Å². The van der Waals surface area contributed by atoms with E-state index in [0.29, 0.717) is 11.0 Å². The van der Waals surface area contributed by atoms with Gasteiger partial charge in [0, 0.05) is 30.7 Å². The molecule has 0 fully saturated rings. The molecule has 0 bridgehead atoms. The lowest BCUT2D eigenvalue weighted by molar-refractivity contribution is 0.786. The molecule has 1 aromatic carbocycles. The number of hydrogen-bond donors (Lipinski definition) is 2. The fraction of sp³-hybridized carbons (Fsp3) is 0.125. The van der Waals surface area contributed by atoms with Crippen molar-refractivity contribution < 1.29 is 0 Å². The summed E-state index contributed by atoms with van der Waals surface area (Å²) < 4.78 is 1.91. The lowest BCUT2D eigenvalue weighted by atomic mass is 10.1. The van der Waals surface area contributed by atoms with Crippen LogP contribution < -0.4 is 5.73 Å². The Morgan fingerprint density at radius 2 is 2.12 bits per heavy atom. The van der Waals surface area contributed by atoms with Gasteiger partial charge in [0.25, 0.3) is 0 Å². The van der Waals surface area contributed by atoms with E-state index >= 15 is 0 Å². The van der Waals surface area contributed by atoms with Gasteiger partial charge in [-0.2, -0.15) is 5.10 Å². The van der Waals surface area contributed by atoms with Crippen LogP contribution in [0.15, 0.2) is 47.0 Å². The Bertz CT molecular complexity index is 1030. The average molecular weight is 337 g/mol. The highest BCUT2D eigenvalue weighted by atomic mass is 32.2. The molecule has 0 atom stereocenters. The van der Waals surface area contributed by atoms with E-state index in [4.69, 9.17) is 5.73 Å². The van der Waals surface area contributed by atoms with E-state index in [0.717, 1.165) is 33.0 Å². The fourth-order valence-corrected chi connectivity index (χ4v) is 3.31. The Labute approximate surface area is 142 Å². The monoisotopic (exact) mass is 337 g/mol. The third-order valence-electron chi connectivity index (χ3n) is 3.67. The van der Waals surface area contributed by atoms with Gasteiger partial charge in [-0.3, -0.25) is 5.10 Å². The van der Waals surface area contributed by atoms with Gasteiger partial charge in [0.05, 0.1) is 16.6 Å². The van der Waals surface area contributed by atoms with Crippen LogP contribution in [0.3, 0.4) is 0 Å². The number of nitrogens with zero attached hydrogens (tertiary/aromatic N) is 5. The lowest BCUT2D eigenvalue weighted by Gasteiger charge is -2.08. The number of nitrogens with two attached hydrogens (primary N) is 1. The third kappa shape index (κ3) is 2.50. The number of aromatic nitrogens is 6. The zero-order chi connectivity index (χ0) is 16.7. The second kappa shape index (κ2) is 5.64. The minimum Gasteiger partial charge on any atom is -0.383 e. The molecule has 0 saturated carbocycles. The topological polar surface area (TPSA) is 98.3 Å². The van der Waals surface area contributed by atoms with Crippen LogP contribution in [0.25, 0.3) is 22.2 Å². The van der Waals surface area contributed by atoms with Crippen molar-refractivity contribution in [2.24, 2.45) is 7.05 Å². The number of benzene rings is 1. The number of aromatic amines is 1. The Morgan fingerprint density at radius 1 is 1.25 bits per heavy atom. The van der Waals surface area contributed by atoms with Crippen LogP contribution in [0.4, 0.5) is 5.82 Å². The van der Waals surface area contributed by atoms with E-state index in [2.05, 4.69) is 25.1 Å². The number of nitrogens with one attached hydrogen (secondary N) is 1. The van der Waals surface area contributed by atoms with Crippen molar-refractivity contribution in [3.8, 4) is 11.3 Å². The molecule has 3 N–H and O–H groups in total. The van der Waals surface area contributed by atoms with E-state index < -0.39 is 0 Å². The molecule has 0 aliphatic rings.